The third kappa shape index (κ3) is 2.47. The Labute approximate surface area is 95.3 Å². The van der Waals surface area contributed by atoms with E-state index < -0.39 is 35.0 Å². The first-order valence-corrected chi connectivity index (χ1v) is 4.60. The van der Waals surface area contributed by atoms with Gasteiger partial charge in [0.2, 0.25) is 0 Å². The van der Waals surface area contributed by atoms with Crippen molar-refractivity contribution < 1.29 is 23.4 Å². The normalized spacial score (nSPS) is 10.1. The SMILES string of the molecule is CCOC(=O)c1c(O)cnc(C(F)F)c1C#N. The number of aromatic nitrogens is 1. The van der Waals surface area contributed by atoms with Crippen LogP contribution in [0.3, 0.4) is 0 Å². The van der Waals surface area contributed by atoms with Gasteiger partial charge in [-0.25, -0.2) is 18.6 Å². The Balaban J connectivity index is 3.42. The maximum absolute atomic E-state index is 12.5. The molecule has 0 fully saturated rings. The summed E-state index contributed by atoms with van der Waals surface area (Å²) in [4.78, 5) is 14.6. The summed E-state index contributed by atoms with van der Waals surface area (Å²) in [7, 11) is 0. The van der Waals surface area contributed by atoms with Gasteiger partial charge in [-0.05, 0) is 6.92 Å². The molecule has 0 bridgehead atoms. The fourth-order valence-electron chi connectivity index (χ4n) is 1.20. The van der Waals surface area contributed by atoms with Crippen LogP contribution in [0, 0.1) is 11.3 Å². The summed E-state index contributed by atoms with van der Waals surface area (Å²) in [5.41, 5.74) is -2.11. The second-order valence-electron chi connectivity index (χ2n) is 2.91. The van der Waals surface area contributed by atoms with Crippen molar-refractivity contribution in [1.82, 2.24) is 4.98 Å². The maximum atomic E-state index is 12.5. The number of halogens is 2. The molecule has 1 heterocycles. The second-order valence-corrected chi connectivity index (χ2v) is 2.91. The maximum Gasteiger partial charge on any atom is 0.343 e. The minimum absolute atomic E-state index is 0.00449. The Morgan fingerprint density at radius 3 is 2.82 bits per heavy atom. The second kappa shape index (κ2) is 5.21. The van der Waals surface area contributed by atoms with Crippen molar-refractivity contribution in [2.24, 2.45) is 0 Å². The highest BCUT2D eigenvalue weighted by Crippen LogP contribution is 2.28. The van der Waals surface area contributed by atoms with E-state index in [4.69, 9.17) is 5.26 Å². The predicted molar refractivity (Wildman–Crippen MR) is 51.5 cm³/mol. The summed E-state index contributed by atoms with van der Waals surface area (Å²) in [5, 5.41) is 18.1. The number of aromatic hydroxyl groups is 1. The van der Waals surface area contributed by atoms with E-state index in [0.29, 0.717) is 6.20 Å². The van der Waals surface area contributed by atoms with Crippen LogP contribution in [-0.2, 0) is 4.74 Å². The van der Waals surface area contributed by atoms with Crippen molar-refractivity contribution >= 4 is 5.97 Å². The van der Waals surface area contributed by atoms with Crippen molar-refractivity contribution in [2.75, 3.05) is 6.61 Å². The summed E-state index contributed by atoms with van der Waals surface area (Å²) in [5.74, 6) is -1.70. The van der Waals surface area contributed by atoms with Crippen molar-refractivity contribution in [1.29, 1.82) is 5.26 Å². The number of alkyl halides is 2. The van der Waals surface area contributed by atoms with Crippen molar-refractivity contribution in [2.45, 2.75) is 13.3 Å². The van der Waals surface area contributed by atoms with E-state index in [1.165, 1.54) is 13.0 Å². The number of pyridine rings is 1. The summed E-state index contributed by atoms with van der Waals surface area (Å²) < 4.78 is 29.6. The lowest BCUT2D eigenvalue weighted by Crippen LogP contribution is -2.10. The molecule has 0 saturated heterocycles. The molecule has 0 spiro atoms. The molecule has 0 radical (unpaired) electrons. The summed E-state index contributed by atoms with van der Waals surface area (Å²) >= 11 is 0. The van der Waals surface area contributed by atoms with E-state index in [-0.39, 0.29) is 6.61 Å². The molecule has 0 saturated carbocycles. The fraction of sp³-hybridized carbons (Fsp3) is 0.300. The van der Waals surface area contributed by atoms with Crippen LogP contribution in [0.2, 0.25) is 0 Å². The molecule has 5 nitrogen and oxygen atoms in total. The largest absolute Gasteiger partial charge is 0.505 e. The molecule has 0 atom stereocenters. The summed E-state index contributed by atoms with van der Waals surface area (Å²) in [6.07, 6.45) is -2.33. The Hall–Kier alpha value is -2.23. The van der Waals surface area contributed by atoms with Gasteiger partial charge in [0, 0.05) is 0 Å². The third-order valence-electron chi connectivity index (χ3n) is 1.89. The van der Waals surface area contributed by atoms with Crippen LogP contribution in [0.5, 0.6) is 5.75 Å². The molecule has 1 N–H and O–H groups in total. The lowest BCUT2D eigenvalue weighted by Gasteiger charge is -2.08. The van der Waals surface area contributed by atoms with Crippen molar-refractivity contribution in [3.8, 4) is 11.8 Å². The number of hydrogen-bond donors (Lipinski definition) is 1. The molecule has 0 amide bonds. The molecule has 0 aliphatic heterocycles. The zero-order valence-corrected chi connectivity index (χ0v) is 8.78. The quantitative estimate of drug-likeness (QED) is 0.816. The average molecular weight is 242 g/mol. The Morgan fingerprint density at radius 2 is 2.35 bits per heavy atom. The molecule has 0 unspecified atom stereocenters. The highest BCUT2D eigenvalue weighted by molar-refractivity contribution is 5.95. The summed E-state index contributed by atoms with van der Waals surface area (Å²) in [6.45, 7) is 1.51. The number of esters is 1. The summed E-state index contributed by atoms with van der Waals surface area (Å²) in [6, 6.07) is 1.42. The Kier molecular flexibility index (Phi) is 3.93. The lowest BCUT2D eigenvalue weighted by atomic mass is 10.1. The number of nitriles is 1. The number of nitrogens with zero attached hydrogens (tertiary/aromatic N) is 2. The average Bonchev–Trinajstić information content (AvgIpc) is 2.28. The molecule has 0 aromatic carbocycles. The van der Waals surface area contributed by atoms with Gasteiger partial charge in [0.15, 0.2) is 0 Å². The van der Waals surface area contributed by atoms with Crippen LogP contribution in [-0.4, -0.2) is 22.7 Å². The van der Waals surface area contributed by atoms with Crippen LogP contribution in [0.4, 0.5) is 8.78 Å². The molecule has 0 aliphatic carbocycles. The predicted octanol–water partition coefficient (Wildman–Crippen LogP) is 1.77. The highest BCUT2D eigenvalue weighted by Gasteiger charge is 2.25. The van der Waals surface area contributed by atoms with Gasteiger partial charge >= 0.3 is 5.97 Å². The van der Waals surface area contributed by atoms with Crippen LogP contribution in [0.1, 0.15) is 35.0 Å². The van der Waals surface area contributed by atoms with Crippen molar-refractivity contribution in [3.63, 3.8) is 0 Å². The molecule has 0 aliphatic rings. The minimum Gasteiger partial charge on any atom is -0.505 e. The van der Waals surface area contributed by atoms with Gasteiger partial charge in [-0.15, -0.1) is 0 Å². The Bertz CT molecular complexity index is 483. The first-order valence-electron chi connectivity index (χ1n) is 4.60. The number of carbonyl (C=O) groups is 1. The number of ether oxygens (including phenoxy) is 1. The van der Waals surface area contributed by atoms with Crippen LogP contribution >= 0.6 is 0 Å². The van der Waals surface area contributed by atoms with E-state index in [2.05, 4.69) is 9.72 Å². The van der Waals surface area contributed by atoms with Crippen LogP contribution in [0.15, 0.2) is 6.20 Å². The van der Waals surface area contributed by atoms with Gasteiger partial charge in [-0.2, -0.15) is 5.26 Å². The van der Waals surface area contributed by atoms with E-state index in [0.717, 1.165) is 0 Å². The topological polar surface area (TPSA) is 83.2 Å². The van der Waals surface area contributed by atoms with Crippen LogP contribution < -0.4 is 0 Å². The Morgan fingerprint density at radius 1 is 1.71 bits per heavy atom. The standard InChI is InChI=1S/C10H8F2N2O3/c1-2-17-10(16)7-5(3-13)8(9(11)12)14-4-6(7)15/h4,9,15H,2H2,1H3. The minimum atomic E-state index is -3.02. The van der Waals surface area contributed by atoms with Gasteiger partial charge < -0.3 is 9.84 Å². The zero-order chi connectivity index (χ0) is 13.0. The molecular formula is C10H8F2N2O3. The van der Waals surface area contributed by atoms with E-state index in [1.807, 2.05) is 0 Å². The molecular weight excluding hydrogens is 234 g/mol. The molecule has 17 heavy (non-hydrogen) atoms. The number of rotatable bonds is 3. The monoisotopic (exact) mass is 242 g/mol. The smallest absolute Gasteiger partial charge is 0.343 e. The fourth-order valence-corrected chi connectivity index (χ4v) is 1.20. The highest BCUT2D eigenvalue weighted by atomic mass is 19.3. The van der Waals surface area contributed by atoms with Crippen LogP contribution in [0.25, 0.3) is 0 Å². The first kappa shape index (κ1) is 12.8. The van der Waals surface area contributed by atoms with Crippen molar-refractivity contribution in [3.05, 3.63) is 23.0 Å². The van der Waals surface area contributed by atoms with E-state index in [9.17, 15) is 18.7 Å². The zero-order valence-electron chi connectivity index (χ0n) is 8.78. The first-order chi connectivity index (χ1) is 8.02. The number of hydrogen-bond acceptors (Lipinski definition) is 5. The van der Waals surface area contributed by atoms with Gasteiger partial charge in [0.25, 0.3) is 6.43 Å². The third-order valence-corrected chi connectivity index (χ3v) is 1.89. The molecule has 1 aromatic rings. The van der Waals surface area contributed by atoms with Gasteiger partial charge in [-0.3, -0.25) is 0 Å². The molecule has 1 aromatic heterocycles. The number of carbonyl (C=O) groups excluding carboxylic acids is 1. The van der Waals surface area contributed by atoms with E-state index in [1.54, 1.807) is 0 Å². The van der Waals surface area contributed by atoms with Gasteiger partial charge in [0.1, 0.15) is 23.1 Å². The van der Waals surface area contributed by atoms with E-state index >= 15 is 0 Å². The molecule has 7 heteroatoms. The molecule has 90 valence electrons. The van der Waals surface area contributed by atoms with Gasteiger partial charge in [-0.1, -0.05) is 0 Å². The lowest BCUT2D eigenvalue weighted by molar-refractivity contribution is 0.0521. The van der Waals surface area contributed by atoms with Gasteiger partial charge in [0.05, 0.1) is 18.4 Å². The molecule has 1 rings (SSSR count).